The first kappa shape index (κ1) is 27.2. The molecule has 2 atom stereocenters. The third-order valence-electron chi connectivity index (χ3n) is 7.06. The van der Waals surface area contributed by atoms with Gasteiger partial charge in [0.2, 0.25) is 0 Å². The second-order valence-corrected chi connectivity index (χ2v) is 11.3. The Hall–Kier alpha value is -3.35. The number of rotatable bonds is 6. The normalized spacial score (nSPS) is 19.3. The van der Waals surface area contributed by atoms with Gasteiger partial charge in [-0.2, -0.15) is 0 Å². The molecule has 0 bridgehead atoms. The summed E-state index contributed by atoms with van der Waals surface area (Å²) in [5, 5.41) is 10.7. The van der Waals surface area contributed by atoms with Gasteiger partial charge in [-0.15, -0.1) is 0 Å². The van der Waals surface area contributed by atoms with Gasteiger partial charge in [0.25, 0.3) is 11.8 Å². The van der Waals surface area contributed by atoms with Crippen molar-refractivity contribution in [2.75, 3.05) is 26.1 Å². The van der Waals surface area contributed by atoms with Crippen LogP contribution in [0.25, 0.3) is 0 Å². The van der Waals surface area contributed by atoms with Crippen molar-refractivity contribution in [3.63, 3.8) is 0 Å². The lowest BCUT2D eigenvalue weighted by atomic mass is 9.76. The number of methoxy groups -OCH3 is 1. The number of benzene rings is 2. The third-order valence-corrected chi connectivity index (χ3v) is 7.06. The minimum Gasteiger partial charge on any atom is -0.496 e. The van der Waals surface area contributed by atoms with Gasteiger partial charge < -0.3 is 14.7 Å². The number of amides is 2. The molecule has 1 aliphatic heterocycles. The van der Waals surface area contributed by atoms with E-state index < -0.39 is 23.3 Å². The second-order valence-electron chi connectivity index (χ2n) is 11.3. The molecule has 36 heavy (non-hydrogen) atoms. The largest absolute Gasteiger partial charge is 0.496 e. The number of hydrogen-bond acceptors (Lipinski definition) is 4. The maximum atomic E-state index is 14.2. The standard InChI is InChI=1S/C29H38N2O5/c1-17(2)16-29(27(34)35)18(3)24-20(26(33)30(7)8)11-10-12-22(24)31(29)25(32)19-13-14-21(28(4,5)6)23(15-19)36-9/h10-15,17-18H,16H2,1-9H3,(H,34,35). The molecular weight excluding hydrogens is 456 g/mol. The molecule has 0 fully saturated rings. The van der Waals surface area contributed by atoms with E-state index in [0.717, 1.165) is 5.56 Å². The Bertz CT molecular complexity index is 1190. The lowest BCUT2D eigenvalue weighted by Crippen LogP contribution is -2.58. The zero-order chi connectivity index (χ0) is 27.2. The first-order valence-corrected chi connectivity index (χ1v) is 12.3. The van der Waals surface area contributed by atoms with Crippen LogP contribution in [0.15, 0.2) is 36.4 Å². The van der Waals surface area contributed by atoms with Crippen molar-refractivity contribution >= 4 is 23.5 Å². The molecular formula is C29H38N2O5. The van der Waals surface area contributed by atoms with E-state index in [0.29, 0.717) is 28.1 Å². The second kappa shape index (κ2) is 9.60. The highest BCUT2D eigenvalue weighted by atomic mass is 16.5. The average molecular weight is 495 g/mol. The fraction of sp³-hybridized carbons (Fsp3) is 0.483. The van der Waals surface area contributed by atoms with Gasteiger partial charge in [0.05, 0.1) is 7.11 Å². The molecule has 1 aliphatic rings. The number of ether oxygens (including phenoxy) is 1. The van der Waals surface area contributed by atoms with Gasteiger partial charge in [-0.25, -0.2) is 4.79 Å². The minimum absolute atomic E-state index is 0.0148. The number of aliphatic carboxylic acids is 1. The van der Waals surface area contributed by atoms with Crippen molar-refractivity contribution in [1.82, 2.24) is 4.90 Å². The molecule has 7 heteroatoms. The lowest BCUT2D eigenvalue weighted by molar-refractivity contribution is -0.144. The molecule has 0 aromatic heterocycles. The summed E-state index contributed by atoms with van der Waals surface area (Å²) in [4.78, 5) is 43.3. The van der Waals surface area contributed by atoms with Gasteiger partial charge in [0.1, 0.15) is 5.75 Å². The molecule has 2 aromatic rings. The predicted octanol–water partition coefficient (Wildman–Crippen LogP) is 5.33. The van der Waals surface area contributed by atoms with E-state index in [4.69, 9.17) is 4.74 Å². The molecule has 0 aliphatic carbocycles. The monoisotopic (exact) mass is 494 g/mol. The molecule has 2 amide bonds. The molecule has 7 nitrogen and oxygen atoms in total. The van der Waals surface area contributed by atoms with Crippen LogP contribution in [0, 0.1) is 5.92 Å². The average Bonchev–Trinajstić information content (AvgIpc) is 3.05. The summed E-state index contributed by atoms with van der Waals surface area (Å²) in [6.45, 7) is 11.9. The minimum atomic E-state index is -1.55. The summed E-state index contributed by atoms with van der Waals surface area (Å²) in [5.41, 5.74) is 0.988. The van der Waals surface area contributed by atoms with Gasteiger partial charge in [0, 0.05) is 36.8 Å². The van der Waals surface area contributed by atoms with Crippen molar-refractivity contribution in [2.45, 2.75) is 64.8 Å². The fourth-order valence-corrected chi connectivity index (χ4v) is 5.40. The maximum absolute atomic E-state index is 14.2. The molecule has 0 spiro atoms. The van der Waals surface area contributed by atoms with E-state index in [2.05, 4.69) is 20.8 Å². The summed E-state index contributed by atoms with van der Waals surface area (Å²) >= 11 is 0. The number of nitrogens with zero attached hydrogens (tertiary/aromatic N) is 2. The van der Waals surface area contributed by atoms with Crippen LogP contribution in [0.4, 0.5) is 5.69 Å². The van der Waals surface area contributed by atoms with Gasteiger partial charge in [-0.1, -0.05) is 53.7 Å². The van der Waals surface area contributed by atoms with E-state index in [-0.39, 0.29) is 23.7 Å². The summed E-state index contributed by atoms with van der Waals surface area (Å²) in [6, 6.07) is 10.4. The molecule has 1 heterocycles. The fourth-order valence-electron chi connectivity index (χ4n) is 5.40. The number of fused-ring (bicyclic) bond motifs is 1. The van der Waals surface area contributed by atoms with Crippen LogP contribution >= 0.6 is 0 Å². The molecule has 0 radical (unpaired) electrons. The molecule has 0 saturated carbocycles. The van der Waals surface area contributed by atoms with Crippen LogP contribution in [0.2, 0.25) is 0 Å². The van der Waals surface area contributed by atoms with E-state index >= 15 is 0 Å². The maximum Gasteiger partial charge on any atom is 0.330 e. The van der Waals surface area contributed by atoms with Crippen LogP contribution in [0.5, 0.6) is 5.75 Å². The van der Waals surface area contributed by atoms with E-state index in [1.807, 2.05) is 19.9 Å². The Morgan fingerprint density at radius 1 is 1.14 bits per heavy atom. The quantitative estimate of drug-likeness (QED) is 0.587. The summed E-state index contributed by atoms with van der Waals surface area (Å²) in [5.74, 6) is -1.80. The first-order chi connectivity index (χ1) is 16.7. The van der Waals surface area contributed by atoms with Crippen LogP contribution in [-0.2, 0) is 10.2 Å². The Labute approximate surface area is 214 Å². The highest BCUT2D eigenvalue weighted by Crippen LogP contribution is 2.52. The van der Waals surface area contributed by atoms with E-state index in [9.17, 15) is 19.5 Å². The molecule has 3 rings (SSSR count). The van der Waals surface area contributed by atoms with Crippen molar-refractivity contribution in [1.29, 1.82) is 0 Å². The molecule has 2 aromatic carbocycles. The Kier molecular flexibility index (Phi) is 7.26. The van der Waals surface area contributed by atoms with Crippen molar-refractivity contribution in [3.05, 3.63) is 58.7 Å². The van der Waals surface area contributed by atoms with Crippen LogP contribution in [0.3, 0.4) is 0 Å². The smallest absolute Gasteiger partial charge is 0.330 e. The first-order valence-electron chi connectivity index (χ1n) is 12.3. The Balaban J connectivity index is 2.31. The third kappa shape index (κ3) is 4.36. The number of hydrogen-bond donors (Lipinski definition) is 1. The zero-order valence-corrected chi connectivity index (χ0v) is 22.8. The molecule has 1 N–H and O–H groups in total. The number of carboxylic acids is 1. The highest BCUT2D eigenvalue weighted by molar-refractivity contribution is 6.14. The summed E-state index contributed by atoms with van der Waals surface area (Å²) in [7, 11) is 4.88. The van der Waals surface area contributed by atoms with Gasteiger partial charge in [-0.05, 0) is 53.1 Å². The Morgan fingerprint density at radius 2 is 1.78 bits per heavy atom. The van der Waals surface area contributed by atoms with Gasteiger partial charge >= 0.3 is 5.97 Å². The van der Waals surface area contributed by atoms with Gasteiger partial charge in [0.15, 0.2) is 5.54 Å². The predicted molar refractivity (Wildman–Crippen MR) is 141 cm³/mol. The van der Waals surface area contributed by atoms with Crippen LogP contribution in [-0.4, -0.2) is 54.5 Å². The van der Waals surface area contributed by atoms with E-state index in [1.54, 1.807) is 58.5 Å². The van der Waals surface area contributed by atoms with Crippen LogP contribution < -0.4 is 9.64 Å². The zero-order valence-electron chi connectivity index (χ0n) is 22.8. The number of carboxylic acid groups (broad SMARTS) is 1. The van der Waals surface area contributed by atoms with Crippen molar-refractivity contribution in [3.8, 4) is 5.75 Å². The van der Waals surface area contributed by atoms with Crippen molar-refractivity contribution < 1.29 is 24.2 Å². The Morgan fingerprint density at radius 3 is 2.28 bits per heavy atom. The van der Waals surface area contributed by atoms with Gasteiger partial charge in [-0.3, -0.25) is 14.5 Å². The molecule has 2 unspecified atom stereocenters. The summed E-state index contributed by atoms with van der Waals surface area (Å²) < 4.78 is 5.62. The lowest BCUT2D eigenvalue weighted by Gasteiger charge is -2.39. The summed E-state index contributed by atoms with van der Waals surface area (Å²) in [6.07, 6.45) is 0.233. The van der Waals surface area contributed by atoms with Crippen molar-refractivity contribution in [2.24, 2.45) is 5.92 Å². The van der Waals surface area contributed by atoms with Crippen LogP contribution in [0.1, 0.15) is 85.7 Å². The number of carbonyl (C=O) groups excluding carboxylic acids is 2. The number of anilines is 1. The number of carbonyl (C=O) groups is 3. The molecule has 194 valence electrons. The molecule has 0 saturated heterocycles. The SMILES string of the molecule is COc1cc(C(=O)N2c3cccc(C(=O)N(C)C)c3C(C)C2(CC(C)C)C(=O)O)ccc1C(C)(C)C. The highest BCUT2D eigenvalue weighted by Gasteiger charge is 2.58. The van der Waals surface area contributed by atoms with E-state index in [1.165, 1.54) is 9.80 Å². The topological polar surface area (TPSA) is 87.2 Å².